The van der Waals surface area contributed by atoms with Gasteiger partial charge in [-0.05, 0) is 13.8 Å². The molecular formula is C15H22O9. The highest BCUT2D eigenvalue weighted by Gasteiger charge is 2.59. The fraction of sp³-hybridized carbons (Fsp3) is 0.800. The molecule has 2 saturated heterocycles. The quantitative estimate of drug-likeness (QED) is 0.513. The van der Waals surface area contributed by atoms with Crippen LogP contribution >= 0.6 is 0 Å². The van der Waals surface area contributed by atoms with Crippen molar-refractivity contribution in [2.75, 3.05) is 6.61 Å². The van der Waals surface area contributed by atoms with Crippen molar-refractivity contribution in [2.24, 2.45) is 0 Å². The van der Waals surface area contributed by atoms with Gasteiger partial charge in [-0.1, -0.05) is 0 Å². The smallest absolute Gasteiger partial charge is 0.303 e. The zero-order chi connectivity index (χ0) is 18.1. The summed E-state index contributed by atoms with van der Waals surface area (Å²) in [6.07, 6.45) is -4.18. The van der Waals surface area contributed by atoms with Gasteiger partial charge in [-0.2, -0.15) is 0 Å². The van der Waals surface area contributed by atoms with Crippen LogP contribution in [0.1, 0.15) is 34.6 Å². The predicted molar refractivity (Wildman–Crippen MR) is 76.4 cm³/mol. The molecule has 24 heavy (non-hydrogen) atoms. The van der Waals surface area contributed by atoms with Crippen LogP contribution in [0, 0.1) is 0 Å². The van der Waals surface area contributed by atoms with Crippen LogP contribution < -0.4 is 0 Å². The maximum absolute atomic E-state index is 11.4. The Hall–Kier alpha value is -1.71. The molecule has 9 nitrogen and oxygen atoms in total. The molecule has 0 radical (unpaired) electrons. The van der Waals surface area contributed by atoms with Crippen molar-refractivity contribution in [3.8, 4) is 0 Å². The molecule has 0 aromatic heterocycles. The summed E-state index contributed by atoms with van der Waals surface area (Å²) in [7, 11) is 0. The van der Waals surface area contributed by atoms with Crippen LogP contribution in [0.2, 0.25) is 0 Å². The van der Waals surface area contributed by atoms with E-state index >= 15 is 0 Å². The minimum absolute atomic E-state index is 0.236. The van der Waals surface area contributed by atoms with Crippen LogP contribution in [0.4, 0.5) is 0 Å². The number of esters is 3. The molecule has 136 valence electrons. The van der Waals surface area contributed by atoms with Gasteiger partial charge >= 0.3 is 17.9 Å². The normalized spacial score (nSPS) is 31.9. The summed E-state index contributed by atoms with van der Waals surface area (Å²) in [6, 6.07) is 0. The molecule has 0 aromatic rings. The summed E-state index contributed by atoms with van der Waals surface area (Å²) < 4.78 is 32.5. The molecule has 5 atom stereocenters. The number of fused-ring (bicyclic) bond motifs is 1. The van der Waals surface area contributed by atoms with Crippen LogP contribution in [0.25, 0.3) is 0 Å². The molecule has 2 heterocycles. The van der Waals surface area contributed by atoms with E-state index in [9.17, 15) is 14.4 Å². The molecule has 2 rings (SSSR count). The molecule has 2 aliphatic heterocycles. The zero-order valence-corrected chi connectivity index (χ0v) is 14.3. The van der Waals surface area contributed by atoms with Gasteiger partial charge in [0.2, 0.25) is 0 Å². The third-order valence-electron chi connectivity index (χ3n) is 3.46. The number of hydrogen-bond donors (Lipinski definition) is 0. The predicted octanol–water partition coefficient (Wildman–Crippen LogP) is 0.289. The Bertz CT molecular complexity index is 515. The summed E-state index contributed by atoms with van der Waals surface area (Å²) >= 11 is 0. The van der Waals surface area contributed by atoms with Gasteiger partial charge in [0.05, 0.1) is 0 Å². The Morgan fingerprint density at radius 2 is 1.71 bits per heavy atom. The number of carbonyl (C=O) groups is 3. The maximum atomic E-state index is 11.4. The minimum Gasteiger partial charge on any atom is -0.462 e. The van der Waals surface area contributed by atoms with E-state index < -0.39 is 54.4 Å². The van der Waals surface area contributed by atoms with E-state index in [-0.39, 0.29) is 6.61 Å². The Balaban J connectivity index is 2.19. The van der Waals surface area contributed by atoms with E-state index in [0.717, 1.165) is 0 Å². The van der Waals surface area contributed by atoms with E-state index in [1.165, 1.54) is 20.8 Å². The lowest BCUT2D eigenvalue weighted by atomic mass is 10.1. The van der Waals surface area contributed by atoms with Crippen molar-refractivity contribution in [1.82, 2.24) is 0 Å². The zero-order valence-electron chi connectivity index (χ0n) is 14.3. The third kappa shape index (κ3) is 4.43. The second-order valence-corrected chi connectivity index (χ2v) is 6.09. The summed E-state index contributed by atoms with van der Waals surface area (Å²) in [4.78, 5) is 33.8. The molecule has 0 unspecified atom stereocenters. The first-order valence-corrected chi connectivity index (χ1v) is 7.58. The summed E-state index contributed by atoms with van der Waals surface area (Å²) in [5.74, 6) is -2.57. The second kappa shape index (κ2) is 7.04. The maximum Gasteiger partial charge on any atom is 0.303 e. The lowest BCUT2D eigenvalue weighted by Crippen LogP contribution is -2.47. The third-order valence-corrected chi connectivity index (χ3v) is 3.46. The first-order valence-electron chi connectivity index (χ1n) is 7.58. The highest BCUT2D eigenvalue weighted by molar-refractivity contribution is 5.67. The van der Waals surface area contributed by atoms with Crippen molar-refractivity contribution in [1.29, 1.82) is 0 Å². The van der Waals surface area contributed by atoms with Gasteiger partial charge in [0.25, 0.3) is 0 Å². The minimum atomic E-state index is -0.961. The SMILES string of the molecule is CC(=O)OC[C@H](OC(C)=O)[C@@H]1O[C@@H]2OC(C)(C)O[C@@H]2[C@H]1OC(C)=O. The van der Waals surface area contributed by atoms with Gasteiger partial charge in [0.15, 0.2) is 30.4 Å². The highest BCUT2D eigenvalue weighted by Crippen LogP contribution is 2.40. The number of hydrogen-bond acceptors (Lipinski definition) is 9. The fourth-order valence-electron chi connectivity index (χ4n) is 2.74. The molecule has 2 aliphatic rings. The standard InChI is InChI=1S/C15H22O9/c1-7(16)19-6-10(20-8(2)17)11-12(21-9(3)18)13-14(22-11)24-15(4,5)23-13/h10-14H,6H2,1-5H3/t10-,11-,12-,13+,14+/m0/s1. The number of ether oxygens (including phenoxy) is 6. The average molecular weight is 346 g/mol. The fourth-order valence-corrected chi connectivity index (χ4v) is 2.74. The van der Waals surface area contributed by atoms with E-state index in [0.29, 0.717) is 0 Å². The van der Waals surface area contributed by atoms with E-state index in [4.69, 9.17) is 28.4 Å². The number of carbonyl (C=O) groups excluding carboxylic acids is 3. The van der Waals surface area contributed by atoms with Crippen molar-refractivity contribution < 1.29 is 42.8 Å². The van der Waals surface area contributed by atoms with E-state index in [1.807, 2.05) is 0 Å². The van der Waals surface area contributed by atoms with Crippen LogP contribution in [-0.2, 0) is 42.8 Å². The molecule has 0 aliphatic carbocycles. The van der Waals surface area contributed by atoms with Crippen molar-refractivity contribution >= 4 is 17.9 Å². The first-order chi connectivity index (χ1) is 11.1. The first kappa shape index (κ1) is 18.6. The molecule has 0 spiro atoms. The van der Waals surface area contributed by atoms with Crippen LogP contribution in [0.15, 0.2) is 0 Å². The Labute approximate surface area is 139 Å². The Kier molecular flexibility index (Phi) is 5.46. The van der Waals surface area contributed by atoms with Gasteiger partial charge in [0.1, 0.15) is 12.7 Å². The lowest BCUT2D eigenvalue weighted by molar-refractivity contribution is -0.234. The Morgan fingerprint density at radius 1 is 1.04 bits per heavy atom. The summed E-state index contributed by atoms with van der Waals surface area (Å²) in [5.41, 5.74) is 0. The van der Waals surface area contributed by atoms with Gasteiger partial charge in [-0.3, -0.25) is 14.4 Å². The molecule has 0 aromatic carbocycles. The molecule has 0 amide bonds. The highest BCUT2D eigenvalue weighted by atomic mass is 16.8. The largest absolute Gasteiger partial charge is 0.462 e. The van der Waals surface area contributed by atoms with Crippen LogP contribution in [0.5, 0.6) is 0 Å². The monoisotopic (exact) mass is 346 g/mol. The molecule has 0 N–H and O–H groups in total. The average Bonchev–Trinajstić information content (AvgIpc) is 2.87. The van der Waals surface area contributed by atoms with Crippen molar-refractivity contribution in [3.05, 3.63) is 0 Å². The van der Waals surface area contributed by atoms with Crippen LogP contribution in [0.3, 0.4) is 0 Å². The Morgan fingerprint density at radius 3 is 2.25 bits per heavy atom. The topological polar surface area (TPSA) is 107 Å². The van der Waals surface area contributed by atoms with Crippen LogP contribution in [-0.4, -0.2) is 61.0 Å². The molecule has 2 fully saturated rings. The van der Waals surface area contributed by atoms with Crippen molar-refractivity contribution in [2.45, 2.75) is 71.1 Å². The number of rotatable bonds is 5. The van der Waals surface area contributed by atoms with Gasteiger partial charge in [-0.25, -0.2) is 0 Å². The summed E-state index contributed by atoms with van der Waals surface area (Å²) in [6.45, 7) is 6.87. The molecule has 0 saturated carbocycles. The molecule has 9 heteroatoms. The second-order valence-electron chi connectivity index (χ2n) is 6.09. The van der Waals surface area contributed by atoms with Gasteiger partial charge < -0.3 is 28.4 Å². The molecular weight excluding hydrogens is 324 g/mol. The van der Waals surface area contributed by atoms with E-state index in [2.05, 4.69) is 0 Å². The molecule has 0 bridgehead atoms. The van der Waals surface area contributed by atoms with Crippen molar-refractivity contribution in [3.63, 3.8) is 0 Å². The lowest BCUT2D eigenvalue weighted by Gasteiger charge is -2.29. The van der Waals surface area contributed by atoms with E-state index in [1.54, 1.807) is 13.8 Å². The van der Waals surface area contributed by atoms with Gasteiger partial charge in [-0.15, -0.1) is 0 Å². The summed E-state index contributed by atoms with van der Waals surface area (Å²) in [5, 5.41) is 0. The van der Waals surface area contributed by atoms with Gasteiger partial charge in [0, 0.05) is 20.8 Å².